The fourth-order valence-corrected chi connectivity index (χ4v) is 3.98. The summed E-state index contributed by atoms with van der Waals surface area (Å²) in [7, 11) is -1.23. The maximum atomic E-state index is 5.88. The van der Waals surface area contributed by atoms with Crippen molar-refractivity contribution in [3.8, 4) is 0 Å². The number of aryl methyl sites for hydroxylation is 1. The van der Waals surface area contributed by atoms with Gasteiger partial charge in [-0.2, -0.15) is 0 Å². The normalized spacial score (nSPS) is 21.8. The molecule has 0 N–H and O–H groups in total. The number of rotatable bonds is 5. The minimum Gasteiger partial charge on any atom is -0.312 e. The molecule has 0 amide bonds. The highest BCUT2D eigenvalue weighted by Crippen LogP contribution is 2.54. The van der Waals surface area contributed by atoms with E-state index < -0.39 is 8.60 Å². The second kappa shape index (κ2) is 6.53. The van der Waals surface area contributed by atoms with Crippen LogP contribution in [0, 0.1) is 0 Å². The van der Waals surface area contributed by atoms with Gasteiger partial charge in [0.2, 0.25) is 0 Å². The van der Waals surface area contributed by atoms with Crippen molar-refractivity contribution in [2.24, 2.45) is 0 Å². The van der Waals surface area contributed by atoms with Gasteiger partial charge in [0.05, 0.1) is 17.8 Å². The monoisotopic (exact) mass is 296 g/mol. The van der Waals surface area contributed by atoms with Gasteiger partial charge >= 0.3 is 8.60 Å². The van der Waals surface area contributed by atoms with Crippen LogP contribution in [0.3, 0.4) is 0 Å². The summed E-state index contributed by atoms with van der Waals surface area (Å²) in [5.74, 6) is 0. The van der Waals surface area contributed by atoms with E-state index in [0.717, 1.165) is 19.3 Å². The van der Waals surface area contributed by atoms with E-state index in [4.69, 9.17) is 13.6 Å². The van der Waals surface area contributed by atoms with Crippen molar-refractivity contribution in [1.29, 1.82) is 0 Å². The quantitative estimate of drug-likeness (QED) is 0.574. The Hall–Kier alpha value is -0.470. The smallest absolute Gasteiger partial charge is 0.312 e. The molecular weight excluding hydrogens is 271 g/mol. The van der Waals surface area contributed by atoms with E-state index >= 15 is 0 Å². The summed E-state index contributed by atoms with van der Waals surface area (Å²) in [4.78, 5) is 0. The van der Waals surface area contributed by atoms with E-state index in [0.29, 0.717) is 6.61 Å². The topological polar surface area (TPSA) is 27.7 Å². The first-order valence-corrected chi connectivity index (χ1v) is 8.31. The Bertz CT molecular complexity index is 401. The third kappa shape index (κ3) is 5.14. The standard InChI is InChI=1S/C16H25O3P/c1-15(2)13-16(3,4)19-20(18-15)17-12-8-11-14-9-6-5-7-10-14/h5-7,9-10H,8,11-13H2,1-4H3. The molecule has 2 rings (SSSR count). The van der Waals surface area contributed by atoms with Crippen LogP contribution in [0.25, 0.3) is 0 Å². The van der Waals surface area contributed by atoms with Crippen LogP contribution in [-0.2, 0) is 20.0 Å². The highest BCUT2D eigenvalue weighted by molar-refractivity contribution is 7.41. The van der Waals surface area contributed by atoms with Crippen LogP contribution in [0.15, 0.2) is 30.3 Å². The molecule has 1 aromatic carbocycles. The molecule has 112 valence electrons. The highest BCUT2D eigenvalue weighted by atomic mass is 31.2. The van der Waals surface area contributed by atoms with Crippen LogP contribution in [-0.4, -0.2) is 17.8 Å². The van der Waals surface area contributed by atoms with Crippen molar-refractivity contribution in [2.45, 2.75) is 58.2 Å². The van der Waals surface area contributed by atoms with Crippen LogP contribution < -0.4 is 0 Å². The first-order valence-electron chi connectivity index (χ1n) is 7.22. The van der Waals surface area contributed by atoms with Gasteiger partial charge in [-0.05, 0) is 46.1 Å². The van der Waals surface area contributed by atoms with Gasteiger partial charge in [0, 0.05) is 6.42 Å². The lowest BCUT2D eigenvalue weighted by molar-refractivity contribution is -0.0692. The van der Waals surface area contributed by atoms with E-state index in [-0.39, 0.29) is 11.2 Å². The molecule has 1 heterocycles. The van der Waals surface area contributed by atoms with Crippen LogP contribution in [0.1, 0.15) is 46.1 Å². The predicted molar refractivity (Wildman–Crippen MR) is 82.6 cm³/mol. The molecule has 1 aromatic rings. The average Bonchev–Trinajstić information content (AvgIpc) is 2.32. The van der Waals surface area contributed by atoms with E-state index in [1.54, 1.807) is 0 Å². The molecule has 0 unspecified atom stereocenters. The SMILES string of the molecule is CC1(C)CC(C)(C)OP(OCCCc2ccccc2)O1. The predicted octanol–water partition coefficient (Wildman–Crippen LogP) is 4.86. The van der Waals surface area contributed by atoms with Crippen LogP contribution in [0.2, 0.25) is 0 Å². The summed E-state index contributed by atoms with van der Waals surface area (Å²) >= 11 is 0. The third-order valence-electron chi connectivity index (χ3n) is 3.14. The van der Waals surface area contributed by atoms with E-state index in [9.17, 15) is 0 Å². The van der Waals surface area contributed by atoms with Gasteiger partial charge in [-0.1, -0.05) is 30.3 Å². The molecule has 0 radical (unpaired) electrons. The average molecular weight is 296 g/mol. The number of hydrogen-bond donors (Lipinski definition) is 0. The van der Waals surface area contributed by atoms with Gasteiger partial charge in [-0.15, -0.1) is 0 Å². The Kier molecular flexibility index (Phi) is 5.19. The van der Waals surface area contributed by atoms with Gasteiger partial charge in [0.25, 0.3) is 0 Å². The molecule has 4 heteroatoms. The lowest BCUT2D eigenvalue weighted by Gasteiger charge is -2.43. The van der Waals surface area contributed by atoms with E-state index in [1.165, 1.54) is 5.56 Å². The third-order valence-corrected chi connectivity index (χ3v) is 4.82. The Morgan fingerprint density at radius 2 is 1.65 bits per heavy atom. The number of benzene rings is 1. The van der Waals surface area contributed by atoms with Gasteiger partial charge in [-0.3, -0.25) is 0 Å². The molecule has 0 spiro atoms. The van der Waals surface area contributed by atoms with Gasteiger partial charge < -0.3 is 13.6 Å². The van der Waals surface area contributed by atoms with Gasteiger partial charge in [0.15, 0.2) is 0 Å². The fraction of sp³-hybridized carbons (Fsp3) is 0.625. The first-order chi connectivity index (χ1) is 9.36. The van der Waals surface area contributed by atoms with Crippen LogP contribution in [0.5, 0.6) is 0 Å². The minimum atomic E-state index is -1.23. The number of hydrogen-bond acceptors (Lipinski definition) is 3. The van der Waals surface area contributed by atoms with Crippen molar-refractivity contribution in [1.82, 2.24) is 0 Å². The highest BCUT2D eigenvalue weighted by Gasteiger charge is 2.41. The largest absolute Gasteiger partial charge is 0.333 e. The van der Waals surface area contributed by atoms with Gasteiger partial charge in [-0.25, -0.2) is 0 Å². The van der Waals surface area contributed by atoms with Gasteiger partial charge in [0.1, 0.15) is 0 Å². The van der Waals surface area contributed by atoms with Crippen molar-refractivity contribution < 1.29 is 13.6 Å². The zero-order valence-electron chi connectivity index (χ0n) is 12.9. The molecule has 1 fully saturated rings. The molecular formula is C16H25O3P. The zero-order chi connectivity index (χ0) is 14.6. The molecule has 20 heavy (non-hydrogen) atoms. The maximum Gasteiger partial charge on any atom is 0.333 e. The molecule has 0 saturated carbocycles. The molecule has 1 aliphatic rings. The lowest BCUT2D eigenvalue weighted by Crippen LogP contribution is -2.40. The fourth-order valence-electron chi connectivity index (χ4n) is 2.62. The summed E-state index contributed by atoms with van der Waals surface area (Å²) in [5.41, 5.74) is 0.995. The van der Waals surface area contributed by atoms with E-state index in [1.807, 2.05) is 6.07 Å². The van der Waals surface area contributed by atoms with Crippen molar-refractivity contribution in [3.05, 3.63) is 35.9 Å². The summed E-state index contributed by atoms with van der Waals surface area (Å²) in [6.07, 6.45) is 2.89. The van der Waals surface area contributed by atoms with Crippen LogP contribution >= 0.6 is 8.60 Å². The molecule has 0 aliphatic carbocycles. The lowest BCUT2D eigenvalue weighted by atomic mass is 9.93. The second-order valence-electron chi connectivity index (χ2n) is 6.52. The van der Waals surface area contributed by atoms with Crippen molar-refractivity contribution in [2.75, 3.05) is 6.61 Å². The van der Waals surface area contributed by atoms with Crippen molar-refractivity contribution in [3.63, 3.8) is 0 Å². The molecule has 0 aromatic heterocycles. The Balaban J connectivity index is 1.74. The molecule has 3 nitrogen and oxygen atoms in total. The Labute approximate surface area is 123 Å². The van der Waals surface area contributed by atoms with Crippen molar-refractivity contribution >= 4 is 8.60 Å². The van der Waals surface area contributed by atoms with E-state index in [2.05, 4.69) is 52.0 Å². The zero-order valence-corrected chi connectivity index (χ0v) is 13.8. The molecule has 1 saturated heterocycles. The molecule has 0 bridgehead atoms. The maximum absolute atomic E-state index is 5.88. The summed E-state index contributed by atoms with van der Waals surface area (Å²) in [5, 5.41) is 0. The molecule has 0 atom stereocenters. The Morgan fingerprint density at radius 3 is 2.25 bits per heavy atom. The Morgan fingerprint density at radius 1 is 1.05 bits per heavy atom. The van der Waals surface area contributed by atoms with Crippen LogP contribution in [0.4, 0.5) is 0 Å². The minimum absolute atomic E-state index is 0.174. The first kappa shape index (κ1) is 15.9. The second-order valence-corrected chi connectivity index (χ2v) is 7.60. The summed E-state index contributed by atoms with van der Waals surface area (Å²) in [6, 6.07) is 10.5. The summed E-state index contributed by atoms with van der Waals surface area (Å²) in [6.45, 7) is 9.06. The summed E-state index contributed by atoms with van der Waals surface area (Å²) < 4.78 is 17.6. The molecule has 1 aliphatic heterocycles.